The van der Waals surface area contributed by atoms with Crippen LogP contribution < -0.4 is 0 Å². The molecule has 72 valence electrons. The summed E-state index contributed by atoms with van der Waals surface area (Å²) in [5.41, 5.74) is 11.1. The summed E-state index contributed by atoms with van der Waals surface area (Å²) in [5, 5.41) is 3.61. The first-order chi connectivity index (χ1) is 6.65. The van der Waals surface area contributed by atoms with Crippen LogP contribution in [0.3, 0.4) is 0 Å². The minimum Gasteiger partial charge on any atom is -0.264 e. The summed E-state index contributed by atoms with van der Waals surface area (Å²) >= 11 is 0. The van der Waals surface area contributed by atoms with Gasteiger partial charge in [0.25, 0.3) is 0 Å². The zero-order valence-corrected chi connectivity index (χ0v) is 8.31. The van der Waals surface area contributed by atoms with Gasteiger partial charge in [-0.2, -0.15) is 0 Å². The molecule has 0 bridgehead atoms. The number of azide groups is 1. The quantitative estimate of drug-likeness (QED) is 0.407. The van der Waals surface area contributed by atoms with E-state index in [-0.39, 0.29) is 6.04 Å². The van der Waals surface area contributed by atoms with Crippen molar-refractivity contribution in [2.24, 2.45) is 5.11 Å². The summed E-state index contributed by atoms with van der Waals surface area (Å²) in [6, 6.07) is 1.75. The second-order valence-electron chi connectivity index (χ2n) is 3.17. The fraction of sp³-hybridized carbons (Fsp3) is 0.300. The number of rotatable bonds is 3. The van der Waals surface area contributed by atoms with Gasteiger partial charge in [-0.15, -0.1) is 0 Å². The summed E-state index contributed by atoms with van der Waals surface area (Å²) < 4.78 is 0. The first-order valence-electron chi connectivity index (χ1n) is 4.30. The summed E-state index contributed by atoms with van der Waals surface area (Å²) in [4.78, 5) is 6.83. The monoisotopic (exact) mass is 188 g/mol. The summed E-state index contributed by atoms with van der Waals surface area (Å²) in [6.45, 7) is 7.58. The fourth-order valence-electron chi connectivity index (χ4n) is 1.06. The van der Waals surface area contributed by atoms with E-state index < -0.39 is 0 Å². The molecule has 1 rings (SSSR count). The van der Waals surface area contributed by atoms with E-state index in [9.17, 15) is 0 Å². The number of allylic oxidation sites excluding steroid dienone is 1. The average molecular weight is 188 g/mol. The Labute approximate surface area is 82.9 Å². The fourth-order valence-corrected chi connectivity index (χ4v) is 1.06. The highest BCUT2D eigenvalue weighted by Gasteiger charge is 2.04. The molecule has 0 aliphatic rings. The van der Waals surface area contributed by atoms with E-state index >= 15 is 0 Å². The van der Waals surface area contributed by atoms with Crippen LogP contribution in [0.2, 0.25) is 0 Å². The largest absolute Gasteiger partial charge is 0.264 e. The first-order valence-corrected chi connectivity index (χ1v) is 4.30. The molecule has 0 saturated heterocycles. The molecule has 1 unspecified atom stereocenters. The lowest BCUT2D eigenvalue weighted by molar-refractivity contribution is 0.801. The van der Waals surface area contributed by atoms with Crippen LogP contribution in [0.4, 0.5) is 0 Å². The smallest absolute Gasteiger partial charge is 0.0612 e. The molecule has 0 N–H and O–H groups in total. The van der Waals surface area contributed by atoms with Crippen LogP contribution in [0.5, 0.6) is 0 Å². The highest BCUT2D eigenvalue weighted by Crippen LogP contribution is 2.19. The molecule has 0 saturated carbocycles. The van der Waals surface area contributed by atoms with Gasteiger partial charge >= 0.3 is 0 Å². The van der Waals surface area contributed by atoms with E-state index in [2.05, 4.69) is 21.6 Å². The molecule has 1 aromatic rings. The van der Waals surface area contributed by atoms with Crippen LogP contribution >= 0.6 is 0 Å². The van der Waals surface area contributed by atoms with Crippen molar-refractivity contribution in [3.05, 3.63) is 46.6 Å². The van der Waals surface area contributed by atoms with Gasteiger partial charge in [0, 0.05) is 17.3 Å². The van der Waals surface area contributed by atoms with Crippen molar-refractivity contribution in [2.75, 3.05) is 0 Å². The van der Waals surface area contributed by atoms with Crippen LogP contribution in [-0.2, 0) is 0 Å². The topological polar surface area (TPSA) is 61.7 Å². The van der Waals surface area contributed by atoms with Crippen molar-refractivity contribution in [2.45, 2.75) is 19.9 Å². The molecule has 0 radical (unpaired) electrons. The van der Waals surface area contributed by atoms with E-state index in [4.69, 9.17) is 5.53 Å². The van der Waals surface area contributed by atoms with Crippen molar-refractivity contribution >= 4 is 5.57 Å². The van der Waals surface area contributed by atoms with Crippen LogP contribution in [-0.4, -0.2) is 4.98 Å². The molecule has 1 heterocycles. The van der Waals surface area contributed by atoms with Gasteiger partial charge in [-0.1, -0.05) is 18.6 Å². The summed E-state index contributed by atoms with van der Waals surface area (Å²) in [5.74, 6) is 0. The molecule has 4 nitrogen and oxygen atoms in total. The number of pyridine rings is 1. The van der Waals surface area contributed by atoms with Crippen molar-refractivity contribution in [3.63, 3.8) is 0 Å². The normalized spacial score (nSPS) is 11.6. The van der Waals surface area contributed by atoms with Gasteiger partial charge in [0.05, 0.1) is 6.04 Å². The molecule has 14 heavy (non-hydrogen) atoms. The highest BCUT2D eigenvalue weighted by atomic mass is 15.1. The second-order valence-corrected chi connectivity index (χ2v) is 3.17. The number of hydrogen-bond donors (Lipinski definition) is 0. The minimum atomic E-state index is -0.188. The predicted octanol–water partition coefficient (Wildman–Crippen LogP) is 3.49. The molecule has 1 aromatic heterocycles. The molecule has 0 amide bonds. The third-order valence-corrected chi connectivity index (χ3v) is 1.96. The zero-order chi connectivity index (χ0) is 10.6. The molecule has 1 atom stereocenters. The summed E-state index contributed by atoms with van der Waals surface area (Å²) in [6.07, 6.45) is 3.44. The van der Waals surface area contributed by atoms with Gasteiger partial charge in [-0.3, -0.25) is 4.98 Å². The molecule has 4 heteroatoms. The summed E-state index contributed by atoms with van der Waals surface area (Å²) in [7, 11) is 0. The van der Waals surface area contributed by atoms with E-state index in [1.54, 1.807) is 12.4 Å². The van der Waals surface area contributed by atoms with Crippen LogP contribution in [0.25, 0.3) is 16.0 Å². The Morgan fingerprint density at radius 3 is 2.93 bits per heavy atom. The SMILES string of the molecule is C=C(C)c1cncc(C(C)N=[N+]=[N-])c1. The molecule has 0 aromatic carbocycles. The first kappa shape index (κ1) is 10.3. The Morgan fingerprint density at radius 2 is 2.36 bits per heavy atom. The Kier molecular flexibility index (Phi) is 3.26. The Morgan fingerprint density at radius 1 is 1.64 bits per heavy atom. The molecule has 0 aliphatic carbocycles. The lowest BCUT2D eigenvalue weighted by Gasteiger charge is -2.06. The molecule has 0 aliphatic heterocycles. The van der Waals surface area contributed by atoms with Crippen molar-refractivity contribution in [1.29, 1.82) is 0 Å². The molecule has 0 spiro atoms. The van der Waals surface area contributed by atoms with Crippen molar-refractivity contribution < 1.29 is 0 Å². The third-order valence-electron chi connectivity index (χ3n) is 1.96. The van der Waals surface area contributed by atoms with Crippen molar-refractivity contribution in [3.8, 4) is 0 Å². The molecular formula is C10H12N4. The van der Waals surface area contributed by atoms with E-state index in [1.807, 2.05) is 19.9 Å². The zero-order valence-electron chi connectivity index (χ0n) is 8.31. The van der Waals surface area contributed by atoms with Gasteiger partial charge in [0.1, 0.15) is 0 Å². The lowest BCUT2D eigenvalue weighted by atomic mass is 10.1. The standard InChI is InChI=1S/C10H12N4/c1-7(2)9-4-10(6-12-5-9)8(3)13-14-11/h4-6,8H,1H2,2-3H3. The maximum Gasteiger partial charge on any atom is 0.0612 e. The maximum atomic E-state index is 8.30. The average Bonchev–Trinajstić information content (AvgIpc) is 2.18. The van der Waals surface area contributed by atoms with Gasteiger partial charge in [0.2, 0.25) is 0 Å². The second kappa shape index (κ2) is 4.44. The number of aromatic nitrogens is 1. The van der Waals surface area contributed by atoms with Crippen LogP contribution in [0.15, 0.2) is 30.2 Å². The van der Waals surface area contributed by atoms with E-state index in [1.165, 1.54) is 0 Å². The Hall–Kier alpha value is -1.80. The predicted molar refractivity (Wildman–Crippen MR) is 56.5 cm³/mol. The Bertz CT molecular complexity index is 391. The third kappa shape index (κ3) is 2.34. The van der Waals surface area contributed by atoms with Crippen LogP contribution in [0.1, 0.15) is 31.0 Å². The van der Waals surface area contributed by atoms with Gasteiger partial charge < -0.3 is 0 Å². The van der Waals surface area contributed by atoms with E-state index in [0.717, 1.165) is 16.7 Å². The van der Waals surface area contributed by atoms with Crippen molar-refractivity contribution in [1.82, 2.24) is 4.98 Å². The molecule has 0 fully saturated rings. The van der Waals surface area contributed by atoms with Crippen LogP contribution in [0, 0.1) is 0 Å². The van der Waals surface area contributed by atoms with Gasteiger partial charge in [-0.25, -0.2) is 0 Å². The number of hydrogen-bond acceptors (Lipinski definition) is 2. The number of nitrogens with zero attached hydrogens (tertiary/aromatic N) is 4. The highest BCUT2D eigenvalue weighted by molar-refractivity contribution is 5.60. The molecular weight excluding hydrogens is 176 g/mol. The van der Waals surface area contributed by atoms with Gasteiger partial charge in [-0.05, 0) is 35.2 Å². The maximum absolute atomic E-state index is 8.30. The Balaban J connectivity index is 3.04. The lowest BCUT2D eigenvalue weighted by Crippen LogP contribution is -1.91. The van der Waals surface area contributed by atoms with Gasteiger partial charge in [0.15, 0.2) is 0 Å². The minimum absolute atomic E-state index is 0.188. The van der Waals surface area contributed by atoms with E-state index in [0.29, 0.717) is 0 Å².